The minimum atomic E-state index is -0.379. The van der Waals surface area contributed by atoms with Crippen molar-refractivity contribution in [2.45, 2.75) is 32.2 Å². The zero-order chi connectivity index (χ0) is 18.7. The van der Waals surface area contributed by atoms with E-state index in [1.807, 2.05) is 6.07 Å². The van der Waals surface area contributed by atoms with Crippen molar-refractivity contribution in [3.05, 3.63) is 83.4 Å². The third kappa shape index (κ3) is 3.84. The molecule has 2 aromatic carbocycles. The quantitative estimate of drug-likeness (QED) is 0.459. The van der Waals surface area contributed by atoms with Gasteiger partial charge in [-0.15, -0.1) is 0 Å². The van der Waals surface area contributed by atoms with Gasteiger partial charge in [-0.3, -0.25) is 4.79 Å². The van der Waals surface area contributed by atoms with Crippen molar-refractivity contribution in [3.63, 3.8) is 0 Å². The Morgan fingerprint density at radius 1 is 1.07 bits per heavy atom. The van der Waals surface area contributed by atoms with Gasteiger partial charge in [0.2, 0.25) is 0 Å². The summed E-state index contributed by atoms with van der Waals surface area (Å²) in [6.07, 6.45) is 3.48. The van der Waals surface area contributed by atoms with Crippen LogP contribution in [0.4, 0.5) is 0 Å². The van der Waals surface area contributed by atoms with E-state index in [2.05, 4.69) is 60.4 Å². The van der Waals surface area contributed by atoms with Crippen LogP contribution in [-0.4, -0.2) is 19.1 Å². The molecule has 2 aliphatic rings. The number of fused-ring (bicyclic) bond motifs is 1. The number of cyclic esters (lactones) is 1. The molecule has 0 radical (unpaired) electrons. The fraction of sp³-hybridized carbons (Fsp3) is 0.375. The molecule has 0 amide bonds. The number of hydrogen-bond acceptors (Lipinski definition) is 3. The summed E-state index contributed by atoms with van der Waals surface area (Å²) in [5.74, 6) is 0.266. The van der Waals surface area contributed by atoms with E-state index < -0.39 is 0 Å². The maximum absolute atomic E-state index is 12.5. The van der Waals surface area contributed by atoms with Crippen LogP contribution in [-0.2, 0) is 28.9 Å². The van der Waals surface area contributed by atoms with Crippen molar-refractivity contribution in [2.24, 2.45) is 11.3 Å². The molecule has 1 aliphatic carbocycles. The third-order valence-electron chi connectivity index (χ3n) is 5.98. The van der Waals surface area contributed by atoms with Crippen molar-refractivity contribution in [1.29, 1.82) is 0 Å². The van der Waals surface area contributed by atoms with Gasteiger partial charge in [-0.2, -0.15) is 0 Å². The van der Waals surface area contributed by atoms with Gasteiger partial charge in [-0.25, -0.2) is 0 Å². The summed E-state index contributed by atoms with van der Waals surface area (Å²) in [5, 5.41) is 3.53. The van der Waals surface area contributed by atoms with Gasteiger partial charge in [0, 0.05) is 12.5 Å². The van der Waals surface area contributed by atoms with Crippen molar-refractivity contribution >= 4 is 5.97 Å². The molecule has 0 bridgehead atoms. The van der Waals surface area contributed by atoms with Gasteiger partial charge in [0.25, 0.3) is 0 Å². The summed E-state index contributed by atoms with van der Waals surface area (Å²) in [5.41, 5.74) is 4.64. The van der Waals surface area contributed by atoms with Crippen LogP contribution in [0.25, 0.3) is 0 Å². The predicted molar refractivity (Wildman–Crippen MR) is 107 cm³/mol. The van der Waals surface area contributed by atoms with Crippen molar-refractivity contribution < 1.29 is 9.53 Å². The second kappa shape index (κ2) is 7.69. The molecule has 1 heterocycles. The molecule has 2 aromatic rings. The Balaban J connectivity index is 1.36. The number of ether oxygens (including phenoxy) is 1. The molecule has 3 nitrogen and oxygen atoms in total. The Bertz CT molecular complexity index is 829. The standard InChI is InChI=1S/C24H27NO2/c1-18-12-22-17-27-23(26)24(22,14-18)15-20-8-5-9-21(13-20)16-25-11-10-19-6-3-2-4-7-19/h2-9,13,22,25H,1,10-12,14-17H2. The number of rotatable bonds is 7. The van der Waals surface area contributed by atoms with Gasteiger partial charge in [0.05, 0.1) is 12.0 Å². The average molecular weight is 361 g/mol. The first-order valence-corrected chi connectivity index (χ1v) is 9.82. The van der Waals surface area contributed by atoms with Gasteiger partial charge in [0.1, 0.15) is 0 Å². The lowest BCUT2D eigenvalue weighted by atomic mass is 9.75. The van der Waals surface area contributed by atoms with Crippen molar-refractivity contribution in [2.75, 3.05) is 13.2 Å². The van der Waals surface area contributed by atoms with E-state index >= 15 is 0 Å². The van der Waals surface area contributed by atoms with E-state index in [-0.39, 0.29) is 11.4 Å². The normalized spacial score (nSPS) is 24.1. The average Bonchev–Trinajstić information content (AvgIpc) is 3.14. The summed E-state index contributed by atoms with van der Waals surface area (Å²) in [4.78, 5) is 12.5. The van der Waals surface area contributed by atoms with Crippen LogP contribution >= 0.6 is 0 Å². The zero-order valence-electron chi connectivity index (χ0n) is 15.7. The largest absolute Gasteiger partial charge is 0.465 e. The molecule has 27 heavy (non-hydrogen) atoms. The second-order valence-corrected chi connectivity index (χ2v) is 7.99. The first-order chi connectivity index (χ1) is 13.2. The highest BCUT2D eigenvalue weighted by Crippen LogP contribution is 2.52. The van der Waals surface area contributed by atoms with Gasteiger partial charge in [-0.1, -0.05) is 66.7 Å². The van der Waals surface area contributed by atoms with Gasteiger partial charge < -0.3 is 10.1 Å². The van der Waals surface area contributed by atoms with Crippen molar-refractivity contribution in [3.8, 4) is 0 Å². The fourth-order valence-corrected chi connectivity index (χ4v) is 4.59. The molecule has 4 rings (SSSR count). The molecule has 1 saturated carbocycles. The highest BCUT2D eigenvalue weighted by atomic mass is 16.5. The fourth-order valence-electron chi connectivity index (χ4n) is 4.59. The minimum absolute atomic E-state index is 0.0301. The summed E-state index contributed by atoms with van der Waals surface area (Å²) in [6.45, 7) is 6.48. The van der Waals surface area contributed by atoms with E-state index in [1.54, 1.807) is 0 Å². The SMILES string of the molecule is C=C1CC2COC(=O)C2(Cc2cccc(CNCCc3ccccc3)c2)C1. The van der Waals surface area contributed by atoms with Crippen LogP contribution in [0, 0.1) is 11.3 Å². The first-order valence-electron chi connectivity index (χ1n) is 9.82. The summed E-state index contributed by atoms with van der Waals surface area (Å²) < 4.78 is 5.40. The van der Waals surface area contributed by atoms with E-state index in [0.717, 1.165) is 38.8 Å². The maximum atomic E-state index is 12.5. The van der Waals surface area contributed by atoms with E-state index in [0.29, 0.717) is 12.5 Å². The molecule has 2 atom stereocenters. The van der Waals surface area contributed by atoms with Gasteiger partial charge in [0.15, 0.2) is 0 Å². The molecular weight excluding hydrogens is 334 g/mol. The topological polar surface area (TPSA) is 38.3 Å². The summed E-state index contributed by atoms with van der Waals surface area (Å²) in [7, 11) is 0. The number of esters is 1. The number of benzene rings is 2. The first kappa shape index (κ1) is 18.0. The Morgan fingerprint density at radius 2 is 1.85 bits per heavy atom. The van der Waals surface area contributed by atoms with E-state index in [1.165, 1.54) is 22.3 Å². The third-order valence-corrected chi connectivity index (χ3v) is 5.98. The smallest absolute Gasteiger partial charge is 0.313 e. The second-order valence-electron chi connectivity index (χ2n) is 7.99. The van der Waals surface area contributed by atoms with E-state index in [9.17, 15) is 4.79 Å². The number of carbonyl (C=O) groups is 1. The molecular formula is C24H27NO2. The maximum Gasteiger partial charge on any atom is 0.313 e. The molecule has 140 valence electrons. The zero-order valence-corrected chi connectivity index (χ0v) is 15.7. The molecule has 3 heteroatoms. The summed E-state index contributed by atoms with van der Waals surface area (Å²) in [6, 6.07) is 19.1. The van der Waals surface area contributed by atoms with Crippen LogP contribution in [0.1, 0.15) is 29.5 Å². The van der Waals surface area contributed by atoms with Gasteiger partial charge >= 0.3 is 5.97 Å². The number of hydrogen-bond donors (Lipinski definition) is 1. The molecule has 2 fully saturated rings. The Kier molecular flexibility index (Phi) is 5.13. The van der Waals surface area contributed by atoms with Crippen LogP contribution in [0.5, 0.6) is 0 Å². The van der Waals surface area contributed by atoms with Crippen LogP contribution in [0.2, 0.25) is 0 Å². The molecule has 1 aliphatic heterocycles. The van der Waals surface area contributed by atoms with Crippen LogP contribution < -0.4 is 5.32 Å². The number of carbonyl (C=O) groups excluding carboxylic acids is 1. The summed E-state index contributed by atoms with van der Waals surface area (Å²) >= 11 is 0. The molecule has 2 unspecified atom stereocenters. The number of allylic oxidation sites excluding steroid dienone is 1. The molecule has 0 aromatic heterocycles. The lowest BCUT2D eigenvalue weighted by Crippen LogP contribution is -2.31. The molecule has 1 N–H and O–H groups in total. The highest BCUT2D eigenvalue weighted by molar-refractivity contribution is 5.81. The van der Waals surface area contributed by atoms with Gasteiger partial charge in [-0.05, 0) is 48.9 Å². The lowest BCUT2D eigenvalue weighted by molar-refractivity contribution is -0.146. The molecule has 1 saturated heterocycles. The Hall–Kier alpha value is -2.39. The number of nitrogens with one attached hydrogen (secondary N) is 1. The van der Waals surface area contributed by atoms with E-state index in [4.69, 9.17) is 4.74 Å². The van der Waals surface area contributed by atoms with Crippen LogP contribution in [0.15, 0.2) is 66.7 Å². The Morgan fingerprint density at radius 3 is 2.70 bits per heavy atom. The predicted octanol–water partition coefficient (Wildman–Crippen LogP) is 4.07. The monoisotopic (exact) mass is 361 g/mol. The Labute approximate surface area is 161 Å². The lowest BCUT2D eigenvalue weighted by Gasteiger charge is -2.24. The molecule has 0 spiro atoms. The minimum Gasteiger partial charge on any atom is -0.465 e. The van der Waals surface area contributed by atoms with Crippen molar-refractivity contribution in [1.82, 2.24) is 5.32 Å². The van der Waals surface area contributed by atoms with Crippen LogP contribution in [0.3, 0.4) is 0 Å². The highest BCUT2D eigenvalue weighted by Gasteiger charge is 2.55.